The van der Waals surface area contributed by atoms with Crippen LogP contribution in [0, 0.1) is 0 Å². The molecule has 0 aliphatic rings. The van der Waals surface area contributed by atoms with E-state index in [9.17, 15) is 0 Å². The Morgan fingerprint density at radius 1 is 0.737 bits per heavy atom. The molecule has 0 atom stereocenters. The van der Waals surface area contributed by atoms with E-state index in [0.29, 0.717) is 0 Å². The van der Waals surface area contributed by atoms with E-state index >= 15 is 0 Å². The van der Waals surface area contributed by atoms with Crippen molar-refractivity contribution in [3.8, 4) is 0 Å². The summed E-state index contributed by atoms with van der Waals surface area (Å²) in [6.07, 6.45) is 15.3. The predicted octanol–water partition coefficient (Wildman–Crippen LogP) is 4.67. The highest BCUT2D eigenvalue weighted by Crippen LogP contribution is 2.21. The van der Waals surface area contributed by atoms with Gasteiger partial charge in [0.2, 0.25) is 0 Å². The maximum atomic E-state index is 5.27. The first-order valence-corrected chi connectivity index (χ1v) is 7.51. The molecule has 0 unspecified atom stereocenters. The van der Waals surface area contributed by atoms with Crippen LogP contribution in [-0.2, 0) is 14.2 Å². The molecule has 0 heterocycles. The van der Waals surface area contributed by atoms with E-state index in [2.05, 4.69) is 19.1 Å². The largest absolute Gasteiger partial charge is 0.331 e. The Morgan fingerprint density at radius 2 is 1.21 bits per heavy atom. The van der Waals surface area contributed by atoms with Crippen LogP contribution < -0.4 is 0 Å². The van der Waals surface area contributed by atoms with Gasteiger partial charge in [-0.2, -0.15) is 0 Å². The fourth-order valence-electron chi connectivity index (χ4n) is 2.21. The molecular formula is C16H32O3. The van der Waals surface area contributed by atoms with Crippen molar-refractivity contribution in [3.05, 3.63) is 12.2 Å². The fraction of sp³-hybridized carbons (Fsp3) is 0.875. The molecule has 0 radical (unpaired) electrons. The molecule has 3 nitrogen and oxygen atoms in total. The van der Waals surface area contributed by atoms with Crippen LogP contribution in [0.3, 0.4) is 0 Å². The Kier molecular flexibility index (Phi) is 12.4. The van der Waals surface area contributed by atoms with Gasteiger partial charge in [0.1, 0.15) is 0 Å². The molecule has 19 heavy (non-hydrogen) atoms. The van der Waals surface area contributed by atoms with Gasteiger partial charge in [-0.05, 0) is 26.2 Å². The number of hydrogen-bond donors (Lipinski definition) is 0. The molecule has 0 aromatic rings. The standard InChI is InChI=1S/C16H32O3/c1-5-6-7-8-9-10-11-12-13-14-15-16(17-2,18-3)19-4/h5-6H,7-15H2,1-4H3. The van der Waals surface area contributed by atoms with E-state index in [1.807, 2.05) is 0 Å². The summed E-state index contributed by atoms with van der Waals surface area (Å²) in [7, 11) is 4.87. The van der Waals surface area contributed by atoms with Crippen molar-refractivity contribution < 1.29 is 14.2 Å². The second kappa shape index (κ2) is 12.6. The minimum Gasteiger partial charge on any atom is -0.331 e. The third-order valence-electron chi connectivity index (χ3n) is 3.52. The Hall–Kier alpha value is -0.380. The summed E-state index contributed by atoms with van der Waals surface area (Å²) in [6.45, 7) is 2.08. The smallest absolute Gasteiger partial charge is 0.282 e. The van der Waals surface area contributed by atoms with Crippen LogP contribution in [0.5, 0.6) is 0 Å². The SMILES string of the molecule is CC=CCCCCCCCCCC(OC)(OC)OC. The van der Waals surface area contributed by atoms with E-state index in [1.165, 1.54) is 44.9 Å². The van der Waals surface area contributed by atoms with E-state index in [-0.39, 0.29) is 0 Å². The molecular weight excluding hydrogens is 240 g/mol. The molecule has 0 spiro atoms. The lowest BCUT2D eigenvalue weighted by Gasteiger charge is -2.28. The first-order valence-electron chi connectivity index (χ1n) is 7.51. The van der Waals surface area contributed by atoms with Gasteiger partial charge in [-0.25, -0.2) is 0 Å². The van der Waals surface area contributed by atoms with Crippen molar-refractivity contribution in [2.24, 2.45) is 0 Å². The lowest BCUT2D eigenvalue weighted by Crippen LogP contribution is -2.35. The molecule has 3 heteroatoms. The Morgan fingerprint density at radius 3 is 1.68 bits per heavy atom. The van der Waals surface area contributed by atoms with Gasteiger partial charge < -0.3 is 14.2 Å². The molecule has 0 N–H and O–H groups in total. The number of hydrogen-bond acceptors (Lipinski definition) is 3. The Labute approximate surface area is 119 Å². The molecule has 0 aliphatic carbocycles. The monoisotopic (exact) mass is 272 g/mol. The van der Waals surface area contributed by atoms with Crippen LogP contribution >= 0.6 is 0 Å². The van der Waals surface area contributed by atoms with Crippen molar-refractivity contribution in [3.63, 3.8) is 0 Å². The maximum absolute atomic E-state index is 5.27. The average molecular weight is 272 g/mol. The normalized spacial score (nSPS) is 12.4. The number of allylic oxidation sites excluding steroid dienone is 2. The van der Waals surface area contributed by atoms with Crippen LogP contribution in [-0.4, -0.2) is 27.3 Å². The zero-order valence-corrected chi connectivity index (χ0v) is 13.2. The topological polar surface area (TPSA) is 27.7 Å². The zero-order chi connectivity index (χ0) is 14.4. The first-order chi connectivity index (χ1) is 9.24. The quantitative estimate of drug-likeness (QED) is 0.277. The van der Waals surface area contributed by atoms with Crippen LogP contribution in [0.1, 0.15) is 64.7 Å². The lowest BCUT2D eigenvalue weighted by atomic mass is 10.1. The molecule has 0 amide bonds. The molecule has 0 rings (SSSR count). The van der Waals surface area contributed by atoms with Gasteiger partial charge in [0.05, 0.1) is 0 Å². The van der Waals surface area contributed by atoms with Gasteiger partial charge in [0, 0.05) is 27.8 Å². The summed E-state index contributed by atoms with van der Waals surface area (Å²) >= 11 is 0. The minimum atomic E-state index is -0.841. The average Bonchev–Trinajstić information content (AvgIpc) is 2.46. The van der Waals surface area contributed by atoms with Crippen molar-refractivity contribution in [2.75, 3.05) is 21.3 Å². The second-order valence-corrected chi connectivity index (χ2v) is 4.88. The molecule has 0 saturated carbocycles. The summed E-state index contributed by atoms with van der Waals surface area (Å²) in [5.41, 5.74) is 0. The number of ether oxygens (including phenoxy) is 3. The molecule has 0 saturated heterocycles. The van der Waals surface area contributed by atoms with Gasteiger partial charge >= 0.3 is 0 Å². The van der Waals surface area contributed by atoms with Gasteiger partial charge in [-0.3, -0.25) is 0 Å². The lowest BCUT2D eigenvalue weighted by molar-refractivity contribution is -0.355. The summed E-state index contributed by atoms with van der Waals surface area (Å²) in [5, 5.41) is 0. The fourth-order valence-corrected chi connectivity index (χ4v) is 2.21. The van der Waals surface area contributed by atoms with Gasteiger partial charge in [0.25, 0.3) is 5.97 Å². The van der Waals surface area contributed by atoms with Gasteiger partial charge in [0.15, 0.2) is 0 Å². The Balaban J connectivity index is 3.39. The minimum absolute atomic E-state index is 0.789. The highest BCUT2D eigenvalue weighted by atomic mass is 16.9. The third-order valence-corrected chi connectivity index (χ3v) is 3.52. The van der Waals surface area contributed by atoms with E-state index in [0.717, 1.165) is 12.8 Å². The summed E-state index contributed by atoms with van der Waals surface area (Å²) in [4.78, 5) is 0. The van der Waals surface area contributed by atoms with E-state index < -0.39 is 5.97 Å². The van der Waals surface area contributed by atoms with Crippen molar-refractivity contribution in [1.29, 1.82) is 0 Å². The van der Waals surface area contributed by atoms with Crippen LogP contribution in [0.2, 0.25) is 0 Å². The third kappa shape index (κ3) is 9.20. The molecule has 0 aromatic carbocycles. The predicted molar refractivity (Wildman–Crippen MR) is 80.1 cm³/mol. The van der Waals surface area contributed by atoms with Crippen molar-refractivity contribution >= 4 is 0 Å². The van der Waals surface area contributed by atoms with Crippen LogP contribution in [0.4, 0.5) is 0 Å². The number of unbranched alkanes of at least 4 members (excludes halogenated alkanes) is 7. The first kappa shape index (κ1) is 18.6. The molecule has 0 bridgehead atoms. The highest BCUT2D eigenvalue weighted by Gasteiger charge is 2.28. The van der Waals surface area contributed by atoms with Crippen LogP contribution in [0.15, 0.2) is 12.2 Å². The molecule has 0 fully saturated rings. The summed E-state index contributed by atoms with van der Waals surface area (Å²) < 4.78 is 15.8. The summed E-state index contributed by atoms with van der Waals surface area (Å²) in [5.74, 6) is -0.841. The molecule has 0 aliphatic heterocycles. The second-order valence-electron chi connectivity index (χ2n) is 4.88. The van der Waals surface area contributed by atoms with Crippen molar-refractivity contribution in [2.45, 2.75) is 70.7 Å². The number of methoxy groups -OCH3 is 3. The Bertz CT molecular complexity index is 202. The zero-order valence-electron chi connectivity index (χ0n) is 13.2. The maximum Gasteiger partial charge on any atom is 0.282 e. The number of rotatable bonds is 13. The highest BCUT2D eigenvalue weighted by molar-refractivity contribution is 4.76. The van der Waals surface area contributed by atoms with E-state index in [4.69, 9.17) is 14.2 Å². The molecule has 114 valence electrons. The summed E-state index contributed by atoms with van der Waals surface area (Å²) in [6, 6.07) is 0. The van der Waals surface area contributed by atoms with Gasteiger partial charge in [-0.15, -0.1) is 0 Å². The molecule has 0 aromatic heterocycles. The van der Waals surface area contributed by atoms with Gasteiger partial charge in [-0.1, -0.05) is 44.3 Å². The van der Waals surface area contributed by atoms with Crippen molar-refractivity contribution in [1.82, 2.24) is 0 Å². The van der Waals surface area contributed by atoms with E-state index in [1.54, 1.807) is 21.3 Å². The van der Waals surface area contributed by atoms with Crippen LogP contribution in [0.25, 0.3) is 0 Å².